The van der Waals surface area contributed by atoms with E-state index < -0.39 is 12.2 Å². The smallest absolute Gasteiger partial charge is 0.407 e. The highest BCUT2D eigenvalue weighted by molar-refractivity contribution is 5.70. The number of cyclic esters (lactones) is 1. The average molecular weight is 311 g/mol. The molecular weight excluding hydrogens is 290 g/mol. The molecule has 1 heterocycles. The van der Waals surface area contributed by atoms with Gasteiger partial charge in [-0.3, -0.25) is 0 Å². The quantitative estimate of drug-likeness (QED) is 0.862. The summed E-state index contributed by atoms with van der Waals surface area (Å²) < 4.78 is 5.34. The summed E-state index contributed by atoms with van der Waals surface area (Å²) >= 11 is 0. The lowest BCUT2D eigenvalue weighted by Gasteiger charge is -2.20. The number of carbonyl (C=O) groups is 1. The molecule has 0 bridgehead atoms. The molecule has 2 N–H and O–H groups in total. The first kappa shape index (κ1) is 15.6. The minimum absolute atomic E-state index is 0.102. The van der Waals surface area contributed by atoms with Gasteiger partial charge in [-0.1, -0.05) is 60.7 Å². The Bertz CT molecular complexity index is 630. The van der Waals surface area contributed by atoms with E-state index in [0.717, 1.165) is 11.1 Å². The predicted molar refractivity (Wildman–Crippen MR) is 88.1 cm³/mol. The fourth-order valence-electron chi connectivity index (χ4n) is 3.00. The van der Waals surface area contributed by atoms with Crippen LogP contribution >= 0.6 is 0 Å². The third-order valence-corrected chi connectivity index (χ3v) is 4.13. The Kier molecular flexibility index (Phi) is 4.93. The van der Waals surface area contributed by atoms with Crippen LogP contribution < -0.4 is 5.32 Å². The number of aliphatic hydroxyl groups is 1. The van der Waals surface area contributed by atoms with Gasteiger partial charge in [0.1, 0.15) is 6.10 Å². The van der Waals surface area contributed by atoms with Crippen molar-refractivity contribution in [2.24, 2.45) is 0 Å². The summed E-state index contributed by atoms with van der Waals surface area (Å²) in [6, 6.07) is 19.7. The second-order valence-electron chi connectivity index (χ2n) is 5.96. The van der Waals surface area contributed by atoms with E-state index in [1.54, 1.807) is 0 Å². The van der Waals surface area contributed by atoms with Crippen LogP contribution in [0.25, 0.3) is 0 Å². The van der Waals surface area contributed by atoms with Gasteiger partial charge in [0.25, 0.3) is 0 Å². The number of hydrogen-bond donors (Lipinski definition) is 2. The molecule has 120 valence electrons. The van der Waals surface area contributed by atoms with Gasteiger partial charge < -0.3 is 15.2 Å². The van der Waals surface area contributed by atoms with Crippen LogP contribution in [0.15, 0.2) is 60.7 Å². The summed E-state index contributed by atoms with van der Waals surface area (Å²) in [5, 5.41) is 13.2. The molecule has 23 heavy (non-hydrogen) atoms. The summed E-state index contributed by atoms with van der Waals surface area (Å²) in [6.45, 7) is 0. The molecule has 3 atom stereocenters. The van der Waals surface area contributed by atoms with E-state index in [4.69, 9.17) is 4.74 Å². The number of rotatable bonds is 6. The number of benzene rings is 2. The molecule has 2 aromatic rings. The molecule has 3 rings (SSSR count). The Labute approximate surface area is 136 Å². The van der Waals surface area contributed by atoms with Gasteiger partial charge in [-0.15, -0.1) is 0 Å². The molecule has 0 unspecified atom stereocenters. The molecule has 1 amide bonds. The number of hydrogen-bond acceptors (Lipinski definition) is 3. The lowest BCUT2D eigenvalue weighted by atomic mass is 9.96. The second-order valence-corrected chi connectivity index (χ2v) is 5.96. The minimum atomic E-state index is -0.534. The number of ether oxygens (including phenoxy) is 1. The van der Waals surface area contributed by atoms with Crippen molar-refractivity contribution >= 4 is 6.09 Å². The molecular formula is C19H21NO3. The van der Waals surface area contributed by atoms with Gasteiger partial charge in [-0.2, -0.15) is 0 Å². The largest absolute Gasteiger partial charge is 0.444 e. The Hall–Kier alpha value is -2.33. The van der Waals surface area contributed by atoms with E-state index in [0.29, 0.717) is 19.3 Å². The molecule has 1 saturated heterocycles. The fourth-order valence-corrected chi connectivity index (χ4v) is 3.00. The lowest BCUT2D eigenvalue weighted by Crippen LogP contribution is -2.36. The predicted octanol–water partition coefficient (Wildman–Crippen LogP) is 2.70. The first-order valence-corrected chi connectivity index (χ1v) is 7.94. The Morgan fingerprint density at radius 2 is 1.61 bits per heavy atom. The molecule has 0 radical (unpaired) electrons. The third kappa shape index (κ3) is 4.33. The van der Waals surface area contributed by atoms with Gasteiger partial charge >= 0.3 is 6.09 Å². The van der Waals surface area contributed by atoms with Crippen LogP contribution in [0.5, 0.6) is 0 Å². The summed E-state index contributed by atoms with van der Waals surface area (Å²) in [5.41, 5.74) is 2.22. The van der Waals surface area contributed by atoms with E-state index in [9.17, 15) is 9.90 Å². The Morgan fingerprint density at radius 3 is 2.26 bits per heavy atom. The Balaban J connectivity index is 1.59. The monoisotopic (exact) mass is 311 g/mol. The molecule has 0 aliphatic carbocycles. The normalized spacial score (nSPS) is 21.5. The SMILES string of the molecule is O=C1N[C@@H](Cc2ccccc2)[C@@H](C[C@H](O)Cc2ccccc2)O1. The standard InChI is InChI=1S/C19H21NO3/c21-16(11-14-7-3-1-4-8-14)13-18-17(20-19(22)23-18)12-15-9-5-2-6-10-15/h1-10,16-18,21H,11-13H2,(H,20,22)/t16-,17+,18-/m1/s1. The maximum absolute atomic E-state index is 11.6. The van der Waals surface area contributed by atoms with Crippen LogP contribution in [-0.4, -0.2) is 29.4 Å². The molecule has 4 nitrogen and oxygen atoms in total. The first-order chi connectivity index (χ1) is 11.2. The van der Waals surface area contributed by atoms with Crippen LogP contribution in [0.1, 0.15) is 17.5 Å². The molecule has 4 heteroatoms. The second kappa shape index (κ2) is 7.29. The summed E-state index contributed by atoms with van der Waals surface area (Å²) in [4.78, 5) is 11.6. The van der Waals surface area contributed by atoms with Gasteiger partial charge in [0, 0.05) is 6.42 Å². The maximum Gasteiger partial charge on any atom is 0.407 e. The first-order valence-electron chi connectivity index (χ1n) is 7.94. The zero-order valence-corrected chi connectivity index (χ0v) is 12.9. The van der Waals surface area contributed by atoms with Crippen molar-refractivity contribution in [1.29, 1.82) is 0 Å². The number of nitrogens with one attached hydrogen (secondary N) is 1. The molecule has 0 aromatic heterocycles. The van der Waals surface area contributed by atoms with Gasteiger partial charge in [0.2, 0.25) is 0 Å². The highest BCUT2D eigenvalue weighted by Gasteiger charge is 2.35. The molecule has 0 spiro atoms. The van der Waals surface area contributed by atoms with E-state index in [2.05, 4.69) is 5.32 Å². The zero-order chi connectivity index (χ0) is 16.1. The molecule has 1 aliphatic rings. The number of alkyl carbamates (subject to hydrolysis) is 1. The number of amides is 1. The fraction of sp³-hybridized carbons (Fsp3) is 0.316. The van der Waals surface area contributed by atoms with E-state index >= 15 is 0 Å². The van der Waals surface area contributed by atoms with E-state index in [-0.39, 0.29) is 12.1 Å². The minimum Gasteiger partial charge on any atom is -0.444 e. The van der Waals surface area contributed by atoms with E-state index in [1.165, 1.54) is 0 Å². The molecule has 1 fully saturated rings. The van der Waals surface area contributed by atoms with Gasteiger partial charge in [-0.25, -0.2) is 4.79 Å². The van der Waals surface area contributed by atoms with Crippen molar-refractivity contribution in [3.8, 4) is 0 Å². The van der Waals surface area contributed by atoms with Crippen molar-refractivity contribution in [3.63, 3.8) is 0 Å². The van der Waals surface area contributed by atoms with Crippen LogP contribution in [-0.2, 0) is 17.6 Å². The van der Waals surface area contributed by atoms with Crippen LogP contribution in [0.3, 0.4) is 0 Å². The van der Waals surface area contributed by atoms with Crippen LogP contribution in [0.4, 0.5) is 4.79 Å². The van der Waals surface area contributed by atoms with Gasteiger partial charge in [0.05, 0.1) is 12.1 Å². The van der Waals surface area contributed by atoms with E-state index in [1.807, 2.05) is 60.7 Å². The zero-order valence-electron chi connectivity index (χ0n) is 12.9. The topological polar surface area (TPSA) is 58.6 Å². The van der Waals surface area contributed by atoms with Gasteiger partial charge in [0.15, 0.2) is 0 Å². The Morgan fingerprint density at radius 1 is 1.00 bits per heavy atom. The van der Waals surface area contributed by atoms with Crippen LogP contribution in [0.2, 0.25) is 0 Å². The average Bonchev–Trinajstić information content (AvgIpc) is 2.88. The highest BCUT2D eigenvalue weighted by Crippen LogP contribution is 2.20. The lowest BCUT2D eigenvalue weighted by molar-refractivity contribution is 0.0738. The van der Waals surface area contributed by atoms with Crippen molar-refractivity contribution < 1.29 is 14.6 Å². The van der Waals surface area contributed by atoms with Crippen molar-refractivity contribution in [2.45, 2.75) is 37.5 Å². The number of carbonyl (C=O) groups excluding carboxylic acids is 1. The molecule has 0 saturated carbocycles. The number of aliphatic hydroxyl groups excluding tert-OH is 1. The third-order valence-electron chi connectivity index (χ3n) is 4.13. The van der Waals surface area contributed by atoms with Crippen molar-refractivity contribution in [3.05, 3.63) is 71.8 Å². The molecule has 1 aliphatic heterocycles. The highest BCUT2D eigenvalue weighted by atomic mass is 16.6. The summed E-state index contributed by atoms with van der Waals surface area (Å²) in [6.07, 6.45) is 0.463. The maximum atomic E-state index is 11.6. The van der Waals surface area contributed by atoms with Gasteiger partial charge in [-0.05, 0) is 24.0 Å². The summed E-state index contributed by atoms with van der Waals surface area (Å²) in [5.74, 6) is 0. The molecule has 2 aromatic carbocycles. The summed E-state index contributed by atoms with van der Waals surface area (Å²) in [7, 11) is 0. The van der Waals surface area contributed by atoms with Crippen LogP contribution in [0, 0.1) is 0 Å². The van der Waals surface area contributed by atoms with Crippen molar-refractivity contribution in [1.82, 2.24) is 5.32 Å². The van der Waals surface area contributed by atoms with Crippen molar-refractivity contribution in [2.75, 3.05) is 0 Å².